The van der Waals surface area contributed by atoms with Gasteiger partial charge in [0.2, 0.25) is 5.91 Å². The summed E-state index contributed by atoms with van der Waals surface area (Å²) in [7, 11) is 1.53. The molecule has 3 aromatic rings. The molecule has 1 aromatic carbocycles. The highest BCUT2D eigenvalue weighted by Gasteiger charge is 2.19. The lowest BCUT2D eigenvalue weighted by Gasteiger charge is -2.13. The molecule has 0 saturated heterocycles. The third-order valence-corrected chi connectivity index (χ3v) is 5.78. The van der Waals surface area contributed by atoms with Crippen LogP contribution in [-0.2, 0) is 24.2 Å². The molecule has 0 unspecified atom stereocenters. The SMILES string of the molecule is COc1cc(Cl)c(C)cc1NC(=O)CCn1ccn2nc3c(c2c1=O)CCCC3. The monoisotopic (exact) mass is 414 g/mol. The Kier molecular flexibility index (Phi) is 5.32. The Balaban J connectivity index is 1.51. The number of aryl methyl sites for hydroxylation is 4. The van der Waals surface area contributed by atoms with Gasteiger partial charge in [-0.15, -0.1) is 0 Å². The van der Waals surface area contributed by atoms with Crippen LogP contribution < -0.4 is 15.6 Å². The number of hydrogen-bond donors (Lipinski definition) is 1. The van der Waals surface area contributed by atoms with Crippen molar-refractivity contribution in [2.24, 2.45) is 0 Å². The van der Waals surface area contributed by atoms with Gasteiger partial charge in [0.05, 0.1) is 18.5 Å². The van der Waals surface area contributed by atoms with E-state index in [9.17, 15) is 9.59 Å². The fourth-order valence-electron chi connectivity index (χ4n) is 3.80. The van der Waals surface area contributed by atoms with Gasteiger partial charge in [-0.2, -0.15) is 5.10 Å². The second-order valence-electron chi connectivity index (χ2n) is 7.32. The number of fused-ring (bicyclic) bond motifs is 3. The molecule has 29 heavy (non-hydrogen) atoms. The molecule has 0 radical (unpaired) electrons. The van der Waals surface area contributed by atoms with Crippen LogP contribution in [0.3, 0.4) is 0 Å². The summed E-state index contributed by atoms with van der Waals surface area (Å²) in [4.78, 5) is 25.4. The van der Waals surface area contributed by atoms with E-state index >= 15 is 0 Å². The Bertz CT molecular complexity index is 1150. The first-order chi connectivity index (χ1) is 14.0. The van der Waals surface area contributed by atoms with Gasteiger partial charge in [-0.25, -0.2) is 4.52 Å². The molecule has 2 heterocycles. The Morgan fingerprint density at radius 2 is 2.07 bits per heavy atom. The molecule has 0 bridgehead atoms. The molecule has 1 N–H and O–H groups in total. The number of halogens is 1. The highest BCUT2D eigenvalue weighted by atomic mass is 35.5. The van der Waals surface area contributed by atoms with Crippen LogP contribution in [0.4, 0.5) is 5.69 Å². The summed E-state index contributed by atoms with van der Waals surface area (Å²) < 4.78 is 8.55. The first kappa shape index (κ1) is 19.5. The summed E-state index contributed by atoms with van der Waals surface area (Å²) in [5.41, 5.74) is 4.02. The van der Waals surface area contributed by atoms with Gasteiger partial charge in [-0.3, -0.25) is 9.59 Å². The number of anilines is 1. The minimum Gasteiger partial charge on any atom is -0.495 e. The fraction of sp³-hybridized carbons (Fsp3) is 0.381. The van der Waals surface area contributed by atoms with Crippen LogP contribution in [0, 0.1) is 6.92 Å². The van der Waals surface area contributed by atoms with Crippen molar-refractivity contribution in [1.82, 2.24) is 14.2 Å². The molecule has 2 aromatic heterocycles. The molecular weight excluding hydrogens is 392 g/mol. The number of benzene rings is 1. The highest BCUT2D eigenvalue weighted by molar-refractivity contribution is 6.31. The summed E-state index contributed by atoms with van der Waals surface area (Å²) in [6, 6.07) is 3.45. The zero-order valence-corrected chi connectivity index (χ0v) is 17.3. The third-order valence-electron chi connectivity index (χ3n) is 5.37. The van der Waals surface area contributed by atoms with Gasteiger partial charge in [-0.1, -0.05) is 11.6 Å². The van der Waals surface area contributed by atoms with Crippen molar-refractivity contribution in [3.8, 4) is 5.75 Å². The van der Waals surface area contributed by atoms with E-state index < -0.39 is 0 Å². The van der Waals surface area contributed by atoms with E-state index in [2.05, 4.69) is 10.4 Å². The molecule has 0 saturated carbocycles. The number of aromatic nitrogens is 3. The molecule has 152 valence electrons. The number of carbonyl (C=O) groups excluding carboxylic acids is 1. The first-order valence-electron chi connectivity index (χ1n) is 9.71. The van der Waals surface area contributed by atoms with Crippen molar-refractivity contribution in [3.05, 3.63) is 56.7 Å². The summed E-state index contributed by atoms with van der Waals surface area (Å²) >= 11 is 6.11. The van der Waals surface area contributed by atoms with Gasteiger partial charge >= 0.3 is 0 Å². The van der Waals surface area contributed by atoms with Gasteiger partial charge in [0, 0.05) is 42.0 Å². The van der Waals surface area contributed by atoms with Gasteiger partial charge in [0.25, 0.3) is 5.56 Å². The molecule has 1 aliphatic carbocycles. The number of rotatable bonds is 5. The molecule has 0 aliphatic heterocycles. The van der Waals surface area contributed by atoms with E-state index in [1.807, 2.05) is 6.92 Å². The average Bonchev–Trinajstić information content (AvgIpc) is 3.09. The van der Waals surface area contributed by atoms with Gasteiger partial charge in [0.1, 0.15) is 11.3 Å². The van der Waals surface area contributed by atoms with Gasteiger partial charge in [0.15, 0.2) is 0 Å². The Morgan fingerprint density at radius 1 is 1.28 bits per heavy atom. The standard InChI is InChI=1S/C21H23ClN4O3/c1-13-11-17(18(29-2)12-15(13)22)23-19(27)7-8-25-9-10-26-20(21(25)28)14-5-3-4-6-16(14)24-26/h9-12H,3-8H2,1-2H3,(H,23,27). The molecular formula is C21H23ClN4O3. The van der Waals surface area contributed by atoms with Gasteiger partial charge < -0.3 is 14.6 Å². The maximum atomic E-state index is 13.0. The number of amides is 1. The van der Waals surface area contributed by atoms with Crippen molar-refractivity contribution in [2.45, 2.75) is 45.6 Å². The maximum Gasteiger partial charge on any atom is 0.276 e. The molecule has 1 amide bonds. The summed E-state index contributed by atoms with van der Waals surface area (Å²) in [5.74, 6) is 0.297. The zero-order valence-electron chi connectivity index (χ0n) is 16.5. The second kappa shape index (κ2) is 7.91. The lowest BCUT2D eigenvalue weighted by Crippen LogP contribution is -2.25. The third kappa shape index (κ3) is 3.74. The number of ether oxygens (including phenoxy) is 1. The van der Waals surface area contributed by atoms with E-state index in [1.165, 1.54) is 7.11 Å². The average molecular weight is 415 g/mol. The number of nitrogens with zero attached hydrogens (tertiary/aromatic N) is 3. The Hall–Kier alpha value is -2.80. The van der Waals surface area contributed by atoms with Crippen molar-refractivity contribution in [2.75, 3.05) is 12.4 Å². The van der Waals surface area contributed by atoms with E-state index in [0.717, 1.165) is 42.5 Å². The molecule has 0 atom stereocenters. The maximum absolute atomic E-state index is 13.0. The topological polar surface area (TPSA) is 77.6 Å². The minimum absolute atomic E-state index is 0.101. The lowest BCUT2D eigenvalue weighted by molar-refractivity contribution is -0.116. The zero-order chi connectivity index (χ0) is 20.5. The predicted molar refractivity (Wildman–Crippen MR) is 112 cm³/mol. The van der Waals surface area contributed by atoms with E-state index in [-0.39, 0.29) is 24.4 Å². The molecule has 8 heteroatoms. The second-order valence-corrected chi connectivity index (χ2v) is 7.73. The smallest absolute Gasteiger partial charge is 0.276 e. The molecule has 0 fully saturated rings. The van der Waals surface area contributed by atoms with Crippen LogP contribution >= 0.6 is 11.6 Å². The summed E-state index contributed by atoms with van der Waals surface area (Å²) in [6.45, 7) is 2.15. The first-order valence-corrected chi connectivity index (χ1v) is 10.1. The Morgan fingerprint density at radius 3 is 2.86 bits per heavy atom. The van der Waals surface area contributed by atoms with Gasteiger partial charge in [-0.05, 0) is 44.2 Å². The van der Waals surface area contributed by atoms with Crippen LogP contribution in [0.25, 0.3) is 5.52 Å². The van der Waals surface area contributed by atoms with E-state index in [1.54, 1.807) is 33.6 Å². The van der Waals surface area contributed by atoms with Crippen LogP contribution in [0.5, 0.6) is 5.75 Å². The molecule has 7 nitrogen and oxygen atoms in total. The van der Waals surface area contributed by atoms with Crippen LogP contribution in [0.2, 0.25) is 5.02 Å². The molecule has 0 spiro atoms. The lowest BCUT2D eigenvalue weighted by atomic mass is 9.97. The van der Waals surface area contributed by atoms with Crippen LogP contribution in [0.15, 0.2) is 29.3 Å². The molecule has 1 aliphatic rings. The summed E-state index contributed by atoms with van der Waals surface area (Å²) in [6.07, 6.45) is 7.63. The minimum atomic E-state index is -0.202. The largest absolute Gasteiger partial charge is 0.495 e. The van der Waals surface area contributed by atoms with Crippen molar-refractivity contribution >= 4 is 28.7 Å². The number of methoxy groups -OCH3 is 1. The van der Waals surface area contributed by atoms with Crippen molar-refractivity contribution in [3.63, 3.8) is 0 Å². The highest BCUT2D eigenvalue weighted by Crippen LogP contribution is 2.31. The quantitative estimate of drug-likeness (QED) is 0.694. The van der Waals surface area contributed by atoms with Crippen LogP contribution in [-0.4, -0.2) is 27.2 Å². The van der Waals surface area contributed by atoms with E-state index in [0.29, 0.717) is 22.0 Å². The number of carbonyl (C=O) groups is 1. The molecule has 4 rings (SSSR count). The Labute approximate surface area is 173 Å². The predicted octanol–water partition coefficient (Wildman–Crippen LogP) is 3.37. The van der Waals surface area contributed by atoms with Crippen molar-refractivity contribution < 1.29 is 9.53 Å². The van der Waals surface area contributed by atoms with Crippen molar-refractivity contribution in [1.29, 1.82) is 0 Å². The number of nitrogens with one attached hydrogen (secondary N) is 1. The summed E-state index contributed by atoms with van der Waals surface area (Å²) in [5, 5.41) is 7.96. The number of hydrogen-bond acceptors (Lipinski definition) is 4. The van der Waals surface area contributed by atoms with Crippen LogP contribution in [0.1, 0.15) is 36.1 Å². The normalized spacial score (nSPS) is 13.3. The fourth-order valence-corrected chi connectivity index (χ4v) is 3.95. The van der Waals surface area contributed by atoms with E-state index in [4.69, 9.17) is 16.3 Å².